The van der Waals surface area contributed by atoms with Gasteiger partial charge in [0, 0.05) is 21.5 Å². The molecule has 0 saturated carbocycles. The lowest BCUT2D eigenvalue weighted by Gasteiger charge is -2.11. The predicted octanol–water partition coefficient (Wildman–Crippen LogP) is 3.66. The summed E-state index contributed by atoms with van der Waals surface area (Å²) in [5.41, 5.74) is 10.8. The van der Waals surface area contributed by atoms with E-state index >= 15 is 0 Å². The number of nitrogens with two attached hydrogens (primary N) is 1. The molecule has 2 aromatic rings. The maximum Gasteiger partial charge on any atom is 0.0597 e. The third kappa shape index (κ3) is 3.01. The molecule has 0 atom stereocenters. The molecule has 0 radical (unpaired) electrons. The first-order valence-electron chi connectivity index (χ1n) is 5.78. The van der Waals surface area contributed by atoms with Crippen molar-refractivity contribution in [2.75, 3.05) is 11.1 Å². The molecule has 0 amide bonds. The normalized spacial score (nSPS) is 10.4. The maximum atomic E-state index is 5.85. The highest BCUT2D eigenvalue weighted by atomic mass is 79.9. The van der Waals surface area contributed by atoms with Crippen molar-refractivity contribution in [3.8, 4) is 0 Å². The second-order valence-corrected chi connectivity index (χ2v) is 5.17. The van der Waals surface area contributed by atoms with E-state index in [1.165, 1.54) is 0 Å². The van der Waals surface area contributed by atoms with Crippen LogP contribution in [0, 0.1) is 13.8 Å². The van der Waals surface area contributed by atoms with Gasteiger partial charge in [0.15, 0.2) is 0 Å². The minimum Gasteiger partial charge on any atom is -0.398 e. The van der Waals surface area contributed by atoms with Gasteiger partial charge in [0.05, 0.1) is 12.2 Å². The molecule has 0 aliphatic rings. The molecule has 3 N–H and O–H groups in total. The summed E-state index contributed by atoms with van der Waals surface area (Å²) in [7, 11) is 0. The van der Waals surface area contributed by atoms with Crippen LogP contribution in [0.4, 0.5) is 11.4 Å². The van der Waals surface area contributed by atoms with Gasteiger partial charge in [-0.1, -0.05) is 6.07 Å². The Labute approximate surface area is 116 Å². The number of aromatic nitrogens is 1. The second kappa shape index (κ2) is 5.40. The molecule has 94 valence electrons. The Morgan fingerprint density at radius 3 is 2.78 bits per heavy atom. The summed E-state index contributed by atoms with van der Waals surface area (Å²) in [4.78, 5) is 4.46. The van der Waals surface area contributed by atoms with Gasteiger partial charge >= 0.3 is 0 Å². The molecule has 4 heteroatoms. The number of pyridine rings is 1. The van der Waals surface area contributed by atoms with Crippen molar-refractivity contribution in [3.05, 3.63) is 51.8 Å². The molecular formula is C14H16BrN3. The standard InChI is InChI=1S/C14H16BrN3/c1-9-6-14(12(15)7-13(9)16)17-8-11-5-3-4-10(2)18-11/h3-7,17H,8,16H2,1-2H3. The van der Waals surface area contributed by atoms with Crippen LogP contribution in [0.5, 0.6) is 0 Å². The summed E-state index contributed by atoms with van der Waals surface area (Å²) in [6, 6.07) is 9.98. The summed E-state index contributed by atoms with van der Waals surface area (Å²) in [5, 5.41) is 3.36. The first-order chi connectivity index (χ1) is 8.56. The number of hydrogen-bond donors (Lipinski definition) is 2. The Bertz CT molecular complexity index is 567. The van der Waals surface area contributed by atoms with E-state index in [1.807, 2.05) is 44.2 Å². The summed E-state index contributed by atoms with van der Waals surface area (Å²) in [6.45, 7) is 4.69. The highest BCUT2D eigenvalue weighted by molar-refractivity contribution is 9.10. The van der Waals surface area contributed by atoms with Crippen LogP contribution < -0.4 is 11.1 Å². The van der Waals surface area contributed by atoms with Crippen molar-refractivity contribution in [1.82, 2.24) is 4.98 Å². The van der Waals surface area contributed by atoms with E-state index in [0.29, 0.717) is 6.54 Å². The fourth-order valence-electron chi connectivity index (χ4n) is 1.72. The van der Waals surface area contributed by atoms with Crippen molar-refractivity contribution in [2.24, 2.45) is 0 Å². The largest absolute Gasteiger partial charge is 0.398 e. The first kappa shape index (κ1) is 12.9. The van der Waals surface area contributed by atoms with Crippen molar-refractivity contribution < 1.29 is 0 Å². The lowest BCUT2D eigenvalue weighted by Crippen LogP contribution is -2.03. The summed E-state index contributed by atoms with van der Waals surface area (Å²) < 4.78 is 0.971. The average molecular weight is 306 g/mol. The van der Waals surface area contributed by atoms with Gasteiger partial charge in [0.25, 0.3) is 0 Å². The van der Waals surface area contributed by atoms with E-state index in [4.69, 9.17) is 5.73 Å². The quantitative estimate of drug-likeness (QED) is 0.851. The van der Waals surface area contributed by atoms with E-state index < -0.39 is 0 Å². The van der Waals surface area contributed by atoms with Gasteiger partial charge in [-0.05, 0) is 59.6 Å². The number of nitrogen functional groups attached to an aromatic ring is 1. The molecule has 3 nitrogen and oxygen atoms in total. The van der Waals surface area contributed by atoms with E-state index in [2.05, 4.69) is 26.2 Å². The molecule has 0 fully saturated rings. The highest BCUT2D eigenvalue weighted by Gasteiger charge is 2.03. The van der Waals surface area contributed by atoms with E-state index in [-0.39, 0.29) is 0 Å². The Morgan fingerprint density at radius 1 is 1.28 bits per heavy atom. The van der Waals surface area contributed by atoms with E-state index in [1.54, 1.807) is 0 Å². The van der Waals surface area contributed by atoms with Crippen LogP contribution >= 0.6 is 15.9 Å². The number of nitrogens with zero attached hydrogens (tertiary/aromatic N) is 1. The predicted molar refractivity (Wildman–Crippen MR) is 79.6 cm³/mol. The van der Waals surface area contributed by atoms with Crippen molar-refractivity contribution in [2.45, 2.75) is 20.4 Å². The van der Waals surface area contributed by atoms with Crippen LogP contribution in [0.2, 0.25) is 0 Å². The van der Waals surface area contributed by atoms with Gasteiger partial charge in [-0.25, -0.2) is 0 Å². The van der Waals surface area contributed by atoms with Crippen LogP contribution in [0.1, 0.15) is 17.0 Å². The molecule has 1 heterocycles. The SMILES string of the molecule is Cc1cccc(CNc2cc(C)c(N)cc2Br)n1. The van der Waals surface area contributed by atoms with Gasteiger partial charge in [0.2, 0.25) is 0 Å². The maximum absolute atomic E-state index is 5.85. The molecule has 0 unspecified atom stereocenters. The van der Waals surface area contributed by atoms with Crippen LogP contribution in [-0.4, -0.2) is 4.98 Å². The Hall–Kier alpha value is -1.55. The molecular weight excluding hydrogens is 290 g/mol. The number of nitrogens with one attached hydrogen (secondary N) is 1. The van der Waals surface area contributed by atoms with Gasteiger partial charge in [-0.3, -0.25) is 4.98 Å². The monoisotopic (exact) mass is 305 g/mol. The third-order valence-corrected chi connectivity index (χ3v) is 3.42. The van der Waals surface area contributed by atoms with Gasteiger partial charge in [-0.2, -0.15) is 0 Å². The summed E-state index contributed by atoms with van der Waals surface area (Å²) in [5.74, 6) is 0. The smallest absolute Gasteiger partial charge is 0.0597 e. The van der Waals surface area contributed by atoms with E-state index in [0.717, 1.165) is 32.8 Å². The lowest BCUT2D eigenvalue weighted by atomic mass is 10.2. The minimum atomic E-state index is 0.698. The number of hydrogen-bond acceptors (Lipinski definition) is 3. The molecule has 18 heavy (non-hydrogen) atoms. The zero-order valence-corrected chi connectivity index (χ0v) is 12.1. The molecule has 0 spiro atoms. The topological polar surface area (TPSA) is 50.9 Å². The number of halogens is 1. The van der Waals surface area contributed by atoms with Crippen LogP contribution in [0.25, 0.3) is 0 Å². The Morgan fingerprint density at radius 2 is 2.06 bits per heavy atom. The zero-order chi connectivity index (χ0) is 13.1. The first-order valence-corrected chi connectivity index (χ1v) is 6.57. The Kier molecular flexibility index (Phi) is 3.87. The average Bonchev–Trinajstić information content (AvgIpc) is 2.32. The summed E-state index contributed by atoms with van der Waals surface area (Å²) >= 11 is 3.51. The zero-order valence-electron chi connectivity index (χ0n) is 10.5. The van der Waals surface area contributed by atoms with Crippen molar-refractivity contribution >= 4 is 27.3 Å². The molecule has 0 bridgehead atoms. The third-order valence-electron chi connectivity index (χ3n) is 2.76. The van der Waals surface area contributed by atoms with Crippen molar-refractivity contribution in [1.29, 1.82) is 0 Å². The van der Waals surface area contributed by atoms with Crippen molar-refractivity contribution in [3.63, 3.8) is 0 Å². The molecule has 1 aromatic carbocycles. The van der Waals surface area contributed by atoms with Crippen LogP contribution in [-0.2, 0) is 6.54 Å². The van der Waals surface area contributed by atoms with Crippen LogP contribution in [0.15, 0.2) is 34.8 Å². The fourth-order valence-corrected chi connectivity index (χ4v) is 2.22. The molecule has 0 aliphatic carbocycles. The lowest BCUT2D eigenvalue weighted by molar-refractivity contribution is 1.01. The number of aryl methyl sites for hydroxylation is 2. The number of anilines is 2. The molecule has 1 aromatic heterocycles. The fraction of sp³-hybridized carbons (Fsp3) is 0.214. The van der Waals surface area contributed by atoms with Gasteiger partial charge in [-0.15, -0.1) is 0 Å². The summed E-state index contributed by atoms with van der Waals surface area (Å²) in [6.07, 6.45) is 0. The number of benzene rings is 1. The molecule has 0 aliphatic heterocycles. The molecule has 2 rings (SSSR count). The van der Waals surface area contributed by atoms with Gasteiger partial charge in [0.1, 0.15) is 0 Å². The van der Waals surface area contributed by atoms with E-state index in [9.17, 15) is 0 Å². The van der Waals surface area contributed by atoms with Crippen LogP contribution in [0.3, 0.4) is 0 Å². The second-order valence-electron chi connectivity index (χ2n) is 4.31. The Balaban J connectivity index is 2.13. The number of rotatable bonds is 3. The highest BCUT2D eigenvalue weighted by Crippen LogP contribution is 2.28. The minimum absolute atomic E-state index is 0.698. The van der Waals surface area contributed by atoms with Gasteiger partial charge < -0.3 is 11.1 Å². The molecule has 0 saturated heterocycles.